The van der Waals surface area contributed by atoms with Crippen molar-refractivity contribution in [2.24, 2.45) is 0 Å². The highest BCUT2D eigenvalue weighted by atomic mass is 32.1. The predicted molar refractivity (Wildman–Crippen MR) is 74.9 cm³/mol. The number of alkyl halides is 3. The summed E-state index contributed by atoms with van der Waals surface area (Å²) in [5.41, 5.74) is 6.30. The summed E-state index contributed by atoms with van der Waals surface area (Å²) in [7, 11) is 0. The summed E-state index contributed by atoms with van der Waals surface area (Å²) in [5, 5.41) is 1.99. The van der Waals surface area contributed by atoms with Gasteiger partial charge < -0.3 is 10.6 Å². The fourth-order valence-electron chi connectivity index (χ4n) is 2.51. The first-order valence-corrected chi connectivity index (χ1v) is 7.10. The molecular weight excluding hydrogens is 285 g/mol. The molecule has 1 aliphatic rings. The molecule has 2 nitrogen and oxygen atoms in total. The number of rotatable bonds is 1. The molecule has 0 saturated heterocycles. The van der Waals surface area contributed by atoms with Crippen LogP contribution in [0.25, 0.3) is 0 Å². The molecule has 2 heterocycles. The molecular formula is C14H13F3N2S. The van der Waals surface area contributed by atoms with Crippen molar-refractivity contribution in [3.63, 3.8) is 0 Å². The second-order valence-electron chi connectivity index (χ2n) is 4.81. The first kappa shape index (κ1) is 13.3. The van der Waals surface area contributed by atoms with Crippen LogP contribution in [0.3, 0.4) is 0 Å². The molecule has 0 radical (unpaired) electrons. The third-order valence-electron chi connectivity index (χ3n) is 3.47. The topological polar surface area (TPSA) is 29.3 Å². The molecule has 0 aliphatic carbocycles. The number of nitrogens with two attached hydrogens (primary N) is 1. The normalized spacial score (nSPS) is 15.2. The van der Waals surface area contributed by atoms with Crippen molar-refractivity contribution in [3.05, 3.63) is 45.6 Å². The maximum absolute atomic E-state index is 13.1. The van der Waals surface area contributed by atoms with Gasteiger partial charge in [-0.25, -0.2) is 0 Å². The van der Waals surface area contributed by atoms with Crippen molar-refractivity contribution >= 4 is 22.7 Å². The number of hydrogen-bond acceptors (Lipinski definition) is 3. The maximum atomic E-state index is 13.1. The van der Waals surface area contributed by atoms with Crippen LogP contribution in [-0.4, -0.2) is 6.54 Å². The Bertz CT molecular complexity index is 634. The summed E-state index contributed by atoms with van der Waals surface area (Å²) >= 11 is 1.67. The third kappa shape index (κ3) is 2.35. The molecule has 1 aromatic heterocycles. The van der Waals surface area contributed by atoms with E-state index in [1.165, 1.54) is 17.0 Å². The third-order valence-corrected chi connectivity index (χ3v) is 4.50. The lowest BCUT2D eigenvalue weighted by molar-refractivity contribution is -0.137. The minimum atomic E-state index is -4.39. The number of anilines is 2. The lowest BCUT2D eigenvalue weighted by Gasteiger charge is -2.31. The molecule has 0 amide bonds. The molecule has 106 valence electrons. The Morgan fingerprint density at radius 2 is 2.00 bits per heavy atom. The van der Waals surface area contributed by atoms with Gasteiger partial charge in [0.2, 0.25) is 0 Å². The van der Waals surface area contributed by atoms with E-state index in [1.807, 2.05) is 11.4 Å². The molecule has 2 N–H and O–H groups in total. The molecule has 0 fully saturated rings. The van der Waals surface area contributed by atoms with E-state index in [2.05, 4.69) is 0 Å². The van der Waals surface area contributed by atoms with Gasteiger partial charge in [-0.15, -0.1) is 11.3 Å². The molecule has 0 spiro atoms. The highest BCUT2D eigenvalue weighted by Gasteiger charge is 2.35. The van der Waals surface area contributed by atoms with E-state index in [0.29, 0.717) is 13.1 Å². The zero-order chi connectivity index (χ0) is 14.3. The number of halogens is 3. The van der Waals surface area contributed by atoms with E-state index >= 15 is 0 Å². The summed E-state index contributed by atoms with van der Waals surface area (Å²) in [4.78, 5) is 3.04. The van der Waals surface area contributed by atoms with Crippen molar-refractivity contribution in [1.82, 2.24) is 0 Å². The van der Waals surface area contributed by atoms with Gasteiger partial charge in [0.25, 0.3) is 0 Å². The number of nitrogen functional groups attached to an aromatic ring is 1. The molecule has 6 heteroatoms. The van der Waals surface area contributed by atoms with Gasteiger partial charge in [0.15, 0.2) is 0 Å². The van der Waals surface area contributed by atoms with Gasteiger partial charge in [-0.05, 0) is 41.6 Å². The average molecular weight is 298 g/mol. The molecule has 2 aromatic rings. The molecule has 0 unspecified atom stereocenters. The maximum Gasteiger partial charge on any atom is 0.418 e. The van der Waals surface area contributed by atoms with Crippen molar-refractivity contribution in [1.29, 1.82) is 0 Å². The van der Waals surface area contributed by atoms with E-state index < -0.39 is 11.7 Å². The standard InChI is InChI=1S/C14H13F3N2S/c15-14(16,17)11-7-10(18)1-2-12(11)19-5-3-13-9(8-19)4-6-20-13/h1-2,4,6-7H,3,5,8,18H2. The molecule has 0 atom stereocenters. The molecule has 0 saturated carbocycles. The number of thiophene rings is 1. The Kier molecular flexibility index (Phi) is 3.12. The lowest BCUT2D eigenvalue weighted by Crippen LogP contribution is -2.31. The Labute approximate surface area is 118 Å². The summed E-state index contributed by atoms with van der Waals surface area (Å²) in [6.45, 7) is 1.12. The number of nitrogens with zero attached hydrogens (tertiary/aromatic N) is 1. The lowest BCUT2D eigenvalue weighted by atomic mass is 10.1. The highest BCUT2D eigenvalue weighted by molar-refractivity contribution is 7.10. The van der Waals surface area contributed by atoms with Gasteiger partial charge in [-0.2, -0.15) is 13.2 Å². The first-order valence-electron chi connectivity index (χ1n) is 6.22. The van der Waals surface area contributed by atoms with Crippen LogP contribution >= 0.6 is 11.3 Å². The fourth-order valence-corrected chi connectivity index (χ4v) is 3.40. The molecule has 3 rings (SSSR count). The van der Waals surface area contributed by atoms with Crippen LogP contribution in [-0.2, 0) is 19.1 Å². The van der Waals surface area contributed by atoms with Crippen LogP contribution in [0.15, 0.2) is 29.6 Å². The highest BCUT2D eigenvalue weighted by Crippen LogP contribution is 2.39. The second kappa shape index (κ2) is 4.70. The van der Waals surface area contributed by atoms with Gasteiger partial charge >= 0.3 is 6.18 Å². The van der Waals surface area contributed by atoms with Crippen molar-refractivity contribution < 1.29 is 13.2 Å². The van der Waals surface area contributed by atoms with Crippen LogP contribution in [0.4, 0.5) is 24.5 Å². The van der Waals surface area contributed by atoms with Crippen LogP contribution in [0.2, 0.25) is 0 Å². The van der Waals surface area contributed by atoms with Crippen LogP contribution in [0.5, 0.6) is 0 Å². The smallest absolute Gasteiger partial charge is 0.399 e. The quantitative estimate of drug-likeness (QED) is 0.809. The van der Waals surface area contributed by atoms with Crippen molar-refractivity contribution in [3.8, 4) is 0 Å². The molecule has 1 aromatic carbocycles. The second-order valence-corrected chi connectivity index (χ2v) is 5.82. The number of benzene rings is 1. The van der Waals surface area contributed by atoms with E-state index in [4.69, 9.17) is 5.73 Å². The van der Waals surface area contributed by atoms with E-state index in [0.717, 1.165) is 18.1 Å². The van der Waals surface area contributed by atoms with E-state index in [9.17, 15) is 13.2 Å². The van der Waals surface area contributed by atoms with Gasteiger partial charge in [0.05, 0.1) is 5.56 Å². The first-order chi connectivity index (χ1) is 9.45. The van der Waals surface area contributed by atoms with Gasteiger partial charge in [0, 0.05) is 29.3 Å². The van der Waals surface area contributed by atoms with Crippen molar-refractivity contribution in [2.45, 2.75) is 19.1 Å². The molecule has 0 bridgehead atoms. The summed E-state index contributed by atoms with van der Waals surface area (Å²) in [6, 6.07) is 5.98. The zero-order valence-corrected chi connectivity index (χ0v) is 11.4. The van der Waals surface area contributed by atoms with E-state index in [-0.39, 0.29) is 11.4 Å². The Hall–Kier alpha value is -1.69. The zero-order valence-electron chi connectivity index (χ0n) is 10.6. The Balaban J connectivity index is 1.99. The monoisotopic (exact) mass is 298 g/mol. The number of hydrogen-bond donors (Lipinski definition) is 1. The van der Waals surface area contributed by atoms with Gasteiger partial charge in [-0.3, -0.25) is 0 Å². The van der Waals surface area contributed by atoms with Crippen LogP contribution in [0, 0.1) is 0 Å². The predicted octanol–water partition coefficient (Wildman–Crippen LogP) is 3.91. The fraction of sp³-hybridized carbons (Fsp3) is 0.286. The van der Waals surface area contributed by atoms with Crippen LogP contribution in [0.1, 0.15) is 16.0 Å². The minimum absolute atomic E-state index is 0.134. The minimum Gasteiger partial charge on any atom is -0.399 e. The van der Waals surface area contributed by atoms with Crippen molar-refractivity contribution in [2.75, 3.05) is 17.2 Å². The Morgan fingerprint density at radius 3 is 2.75 bits per heavy atom. The molecule has 1 aliphatic heterocycles. The van der Waals surface area contributed by atoms with Gasteiger partial charge in [0.1, 0.15) is 0 Å². The SMILES string of the molecule is Nc1ccc(N2CCc3sccc3C2)c(C(F)(F)F)c1. The van der Waals surface area contributed by atoms with Gasteiger partial charge in [-0.1, -0.05) is 0 Å². The van der Waals surface area contributed by atoms with E-state index in [1.54, 1.807) is 16.2 Å². The Morgan fingerprint density at radius 1 is 1.20 bits per heavy atom. The average Bonchev–Trinajstić information content (AvgIpc) is 2.84. The van der Waals surface area contributed by atoms with Crippen LogP contribution < -0.4 is 10.6 Å². The largest absolute Gasteiger partial charge is 0.418 e. The summed E-state index contributed by atoms with van der Waals surface area (Å²) in [6.07, 6.45) is -3.60. The number of fused-ring (bicyclic) bond motifs is 1. The summed E-state index contributed by atoms with van der Waals surface area (Å²) < 4.78 is 39.4. The molecule has 20 heavy (non-hydrogen) atoms. The summed E-state index contributed by atoms with van der Waals surface area (Å²) in [5.74, 6) is 0.